The third-order valence-electron chi connectivity index (χ3n) is 3.58. The summed E-state index contributed by atoms with van der Waals surface area (Å²) in [6, 6.07) is 7.36. The summed E-state index contributed by atoms with van der Waals surface area (Å²) in [7, 11) is -2.92. The quantitative estimate of drug-likeness (QED) is 0.364. The third-order valence-corrected chi connectivity index (χ3v) is 5.38. The van der Waals surface area contributed by atoms with E-state index in [0.29, 0.717) is 18.7 Å². The highest BCUT2D eigenvalue weighted by Crippen LogP contribution is 2.17. The monoisotopic (exact) mass is 297 g/mol. The molecule has 0 bridgehead atoms. The van der Waals surface area contributed by atoms with E-state index in [1.54, 1.807) is 6.07 Å². The van der Waals surface area contributed by atoms with Crippen molar-refractivity contribution in [2.24, 2.45) is 10.9 Å². The summed E-state index contributed by atoms with van der Waals surface area (Å²) in [4.78, 5) is 2.10. The standard InChI is InChI=1S/C13H19N3O3S/c1-10-9-20(18,19)7-6-16(10)8-11-4-2-3-5-12(11)13(14)15-17/h2-5,10,17H,6-9H2,1H3,(H2,14,15). The second kappa shape index (κ2) is 5.80. The minimum absolute atomic E-state index is 0.0332. The number of rotatable bonds is 3. The van der Waals surface area contributed by atoms with Crippen molar-refractivity contribution < 1.29 is 13.6 Å². The third kappa shape index (κ3) is 3.29. The van der Waals surface area contributed by atoms with Crippen LogP contribution in [0.3, 0.4) is 0 Å². The molecule has 1 aromatic carbocycles. The minimum Gasteiger partial charge on any atom is -0.409 e. The van der Waals surface area contributed by atoms with E-state index in [4.69, 9.17) is 10.9 Å². The van der Waals surface area contributed by atoms with E-state index in [1.165, 1.54) is 0 Å². The summed E-state index contributed by atoms with van der Waals surface area (Å²) >= 11 is 0. The maximum atomic E-state index is 11.6. The Morgan fingerprint density at radius 3 is 2.85 bits per heavy atom. The number of benzene rings is 1. The highest BCUT2D eigenvalue weighted by Gasteiger charge is 2.28. The molecule has 1 heterocycles. The molecule has 1 aliphatic rings. The number of nitrogens with two attached hydrogens (primary N) is 1. The lowest BCUT2D eigenvalue weighted by atomic mass is 10.1. The van der Waals surface area contributed by atoms with Crippen molar-refractivity contribution in [2.75, 3.05) is 18.1 Å². The molecule has 0 amide bonds. The van der Waals surface area contributed by atoms with Gasteiger partial charge in [-0.15, -0.1) is 0 Å². The van der Waals surface area contributed by atoms with Gasteiger partial charge in [-0.25, -0.2) is 8.42 Å². The first kappa shape index (κ1) is 14.8. The van der Waals surface area contributed by atoms with Gasteiger partial charge in [0.1, 0.15) is 0 Å². The predicted molar refractivity (Wildman–Crippen MR) is 77.5 cm³/mol. The van der Waals surface area contributed by atoms with Gasteiger partial charge in [0.05, 0.1) is 11.5 Å². The number of hydrogen-bond donors (Lipinski definition) is 2. The van der Waals surface area contributed by atoms with Gasteiger partial charge in [0.25, 0.3) is 0 Å². The van der Waals surface area contributed by atoms with Crippen molar-refractivity contribution in [3.05, 3.63) is 35.4 Å². The molecule has 0 aromatic heterocycles. The van der Waals surface area contributed by atoms with Crippen LogP contribution in [0, 0.1) is 0 Å². The summed E-state index contributed by atoms with van der Waals surface area (Å²) < 4.78 is 23.2. The Balaban J connectivity index is 2.19. The first-order valence-electron chi connectivity index (χ1n) is 6.43. The van der Waals surface area contributed by atoms with Crippen LogP contribution in [0.15, 0.2) is 29.4 Å². The van der Waals surface area contributed by atoms with Crippen LogP contribution in [-0.2, 0) is 16.4 Å². The number of oxime groups is 1. The second-order valence-electron chi connectivity index (χ2n) is 5.08. The SMILES string of the molecule is CC1CS(=O)(=O)CCN1Cc1ccccc1/C(N)=N/O. The smallest absolute Gasteiger partial charge is 0.170 e. The fourth-order valence-corrected chi connectivity index (χ4v) is 4.07. The average Bonchev–Trinajstić information content (AvgIpc) is 2.41. The molecule has 0 saturated carbocycles. The summed E-state index contributed by atoms with van der Waals surface area (Å²) in [5.74, 6) is 0.430. The van der Waals surface area contributed by atoms with Gasteiger partial charge in [0, 0.05) is 24.7 Å². The predicted octanol–water partition coefficient (Wildman–Crippen LogP) is 0.400. The summed E-state index contributed by atoms with van der Waals surface area (Å²) in [5, 5.41) is 11.8. The van der Waals surface area contributed by atoms with Gasteiger partial charge >= 0.3 is 0 Å². The maximum absolute atomic E-state index is 11.6. The van der Waals surface area contributed by atoms with Gasteiger partial charge in [0.2, 0.25) is 0 Å². The van der Waals surface area contributed by atoms with E-state index in [9.17, 15) is 8.42 Å². The van der Waals surface area contributed by atoms with Crippen LogP contribution in [-0.4, -0.2) is 48.5 Å². The Morgan fingerprint density at radius 2 is 2.20 bits per heavy atom. The molecule has 1 fully saturated rings. The molecule has 20 heavy (non-hydrogen) atoms. The summed E-state index contributed by atoms with van der Waals surface area (Å²) in [6.07, 6.45) is 0. The first-order valence-corrected chi connectivity index (χ1v) is 8.25. The van der Waals surface area contributed by atoms with Gasteiger partial charge in [0.15, 0.2) is 15.7 Å². The molecule has 1 saturated heterocycles. The van der Waals surface area contributed by atoms with E-state index >= 15 is 0 Å². The van der Waals surface area contributed by atoms with Crippen LogP contribution in [0.25, 0.3) is 0 Å². The Kier molecular flexibility index (Phi) is 4.29. The van der Waals surface area contributed by atoms with Crippen molar-refractivity contribution >= 4 is 15.7 Å². The number of hydrogen-bond acceptors (Lipinski definition) is 5. The second-order valence-corrected chi connectivity index (χ2v) is 7.30. The van der Waals surface area contributed by atoms with Gasteiger partial charge in [-0.05, 0) is 12.5 Å². The highest BCUT2D eigenvalue weighted by atomic mass is 32.2. The van der Waals surface area contributed by atoms with Crippen molar-refractivity contribution in [2.45, 2.75) is 19.5 Å². The number of sulfone groups is 1. The van der Waals surface area contributed by atoms with Crippen molar-refractivity contribution in [1.29, 1.82) is 0 Å². The maximum Gasteiger partial charge on any atom is 0.170 e. The molecule has 1 atom stereocenters. The number of amidine groups is 1. The lowest BCUT2D eigenvalue weighted by Gasteiger charge is -2.33. The fourth-order valence-electron chi connectivity index (χ4n) is 2.45. The Morgan fingerprint density at radius 1 is 1.50 bits per heavy atom. The zero-order valence-electron chi connectivity index (χ0n) is 11.4. The molecule has 0 aliphatic carbocycles. The van der Waals surface area contributed by atoms with Crippen LogP contribution >= 0.6 is 0 Å². The van der Waals surface area contributed by atoms with Crippen LogP contribution in [0.5, 0.6) is 0 Å². The molecule has 6 nitrogen and oxygen atoms in total. The van der Waals surface area contributed by atoms with Gasteiger partial charge in [-0.3, -0.25) is 4.90 Å². The highest BCUT2D eigenvalue weighted by molar-refractivity contribution is 7.91. The van der Waals surface area contributed by atoms with E-state index in [0.717, 1.165) is 5.56 Å². The molecule has 110 valence electrons. The largest absolute Gasteiger partial charge is 0.409 e. The first-order chi connectivity index (χ1) is 9.43. The fraction of sp³-hybridized carbons (Fsp3) is 0.462. The lowest BCUT2D eigenvalue weighted by molar-refractivity contribution is 0.218. The molecule has 1 aliphatic heterocycles. The van der Waals surface area contributed by atoms with Crippen LogP contribution in [0.4, 0.5) is 0 Å². The van der Waals surface area contributed by atoms with Crippen LogP contribution in [0.2, 0.25) is 0 Å². The Bertz CT molecular complexity index is 613. The van der Waals surface area contributed by atoms with Gasteiger partial charge in [-0.1, -0.05) is 29.4 Å². The van der Waals surface area contributed by atoms with E-state index in [-0.39, 0.29) is 23.4 Å². The topological polar surface area (TPSA) is 96.0 Å². The lowest BCUT2D eigenvalue weighted by Crippen LogP contribution is -2.46. The molecule has 0 radical (unpaired) electrons. The molecule has 3 N–H and O–H groups in total. The van der Waals surface area contributed by atoms with Crippen molar-refractivity contribution in [3.63, 3.8) is 0 Å². The van der Waals surface area contributed by atoms with Gasteiger partial charge in [-0.2, -0.15) is 0 Å². The summed E-state index contributed by atoms with van der Waals surface area (Å²) in [6.45, 7) is 3.00. The van der Waals surface area contributed by atoms with Crippen molar-refractivity contribution in [3.8, 4) is 0 Å². The molecule has 7 heteroatoms. The van der Waals surface area contributed by atoms with Crippen LogP contribution in [0.1, 0.15) is 18.1 Å². The van der Waals surface area contributed by atoms with E-state index in [1.807, 2.05) is 25.1 Å². The zero-order chi connectivity index (χ0) is 14.8. The normalized spacial score (nSPS) is 23.6. The molecular weight excluding hydrogens is 278 g/mol. The Labute approximate surface area is 118 Å². The Hall–Kier alpha value is -1.60. The van der Waals surface area contributed by atoms with E-state index < -0.39 is 9.84 Å². The van der Waals surface area contributed by atoms with E-state index in [2.05, 4.69) is 10.1 Å². The molecule has 1 aromatic rings. The summed E-state index contributed by atoms with van der Waals surface area (Å²) in [5.41, 5.74) is 7.26. The number of nitrogens with zero attached hydrogens (tertiary/aromatic N) is 2. The van der Waals surface area contributed by atoms with Crippen LogP contribution < -0.4 is 5.73 Å². The molecule has 2 rings (SSSR count). The molecule has 1 unspecified atom stereocenters. The molecule has 0 spiro atoms. The van der Waals surface area contributed by atoms with Crippen molar-refractivity contribution in [1.82, 2.24) is 4.90 Å². The minimum atomic E-state index is -2.92. The molecular formula is C13H19N3O3S. The zero-order valence-corrected chi connectivity index (χ0v) is 12.2. The van der Waals surface area contributed by atoms with Gasteiger partial charge < -0.3 is 10.9 Å². The average molecular weight is 297 g/mol.